The lowest BCUT2D eigenvalue weighted by molar-refractivity contribution is 0.411. The molecule has 2 aliphatic rings. The van der Waals surface area contributed by atoms with Crippen LogP contribution in [0.1, 0.15) is 56.7 Å². The van der Waals surface area contributed by atoms with Gasteiger partial charge in [-0.25, -0.2) is 9.97 Å². The Kier molecular flexibility index (Phi) is 4.06. The standard InChI is InChI=1S/C15H24N4S/c1-20-15(7-3-2-4-8-15)10-17-13-9-12(16)18-14(19-13)11-5-6-11/h9,11H,2-8,10H2,1H3,(H3,16,17,18,19). The van der Waals surface area contributed by atoms with Crippen LogP contribution in [0.25, 0.3) is 0 Å². The summed E-state index contributed by atoms with van der Waals surface area (Å²) >= 11 is 2.00. The largest absolute Gasteiger partial charge is 0.384 e. The number of thioether (sulfide) groups is 1. The van der Waals surface area contributed by atoms with Crippen molar-refractivity contribution in [2.24, 2.45) is 0 Å². The Balaban J connectivity index is 1.67. The van der Waals surface area contributed by atoms with Crippen molar-refractivity contribution in [1.29, 1.82) is 0 Å². The summed E-state index contributed by atoms with van der Waals surface area (Å²) in [5.41, 5.74) is 5.90. The fraction of sp³-hybridized carbons (Fsp3) is 0.733. The predicted octanol–water partition coefficient (Wildman–Crippen LogP) is 3.41. The van der Waals surface area contributed by atoms with Crippen molar-refractivity contribution in [2.45, 2.75) is 55.6 Å². The minimum atomic E-state index is 0.373. The zero-order valence-electron chi connectivity index (χ0n) is 12.2. The summed E-state index contributed by atoms with van der Waals surface area (Å²) in [6.45, 7) is 0.981. The summed E-state index contributed by atoms with van der Waals surface area (Å²) in [4.78, 5) is 8.98. The SMILES string of the molecule is CSC1(CNc2cc(N)nc(C3CC3)n2)CCCCC1. The maximum atomic E-state index is 5.90. The number of hydrogen-bond donors (Lipinski definition) is 2. The summed E-state index contributed by atoms with van der Waals surface area (Å²) in [6.07, 6.45) is 11.3. The summed E-state index contributed by atoms with van der Waals surface area (Å²) in [7, 11) is 0. The molecule has 5 heteroatoms. The highest BCUT2D eigenvalue weighted by Gasteiger charge is 2.31. The Morgan fingerprint density at radius 1 is 1.30 bits per heavy atom. The summed E-state index contributed by atoms with van der Waals surface area (Å²) in [6, 6.07) is 1.86. The fourth-order valence-corrected chi connectivity index (χ4v) is 3.91. The monoisotopic (exact) mass is 292 g/mol. The number of anilines is 2. The van der Waals surface area contributed by atoms with Crippen LogP contribution in [0.3, 0.4) is 0 Å². The minimum absolute atomic E-state index is 0.373. The van der Waals surface area contributed by atoms with Crippen LogP contribution in [0.2, 0.25) is 0 Å². The highest BCUT2D eigenvalue weighted by atomic mass is 32.2. The van der Waals surface area contributed by atoms with E-state index in [2.05, 4.69) is 21.5 Å². The lowest BCUT2D eigenvalue weighted by Crippen LogP contribution is -2.35. The van der Waals surface area contributed by atoms with Gasteiger partial charge in [0.05, 0.1) is 0 Å². The van der Waals surface area contributed by atoms with Gasteiger partial charge in [-0.3, -0.25) is 0 Å². The van der Waals surface area contributed by atoms with Crippen molar-refractivity contribution >= 4 is 23.4 Å². The van der Waals surface area contributed by atoms with Crippen LogP contribution in [-0.2, 0) is 0 Å². The van der Waals surface area contributed by atoms with E-state index < -0.39 is 0 Å². The van der Waals surface area contributed by atoms with Crippen molar-refractivity contribution < 1.29 is 0 Å². The third-order valence-electron chi connectivity index (χ3n) is 4.50. The van der Waals surface area contributed by atoms with Gasteiger partial charge in [-0.1, -0.05) is 19.3 Å². The van der Waals surface area contributed by atoms with Gasteiger partial charge < -0.3 is 11.1 Å². The van der Waals surface area contributed by atoms with E-state index in [1.807, 2.05) is 17.8 Å². The lowest BCUT2D eigenvalue weighted by atomic mass is 9.88. The average Bonchev–Trinajstić information content (AvgIpc) is 3.30. The molecule has 1 aromatic rings. The smallest absolute Gasteiger partial charge is 0.136 e. The maximum Gasteiger partial charge on any atom is 0.136 e. The summed E-state index contributed by atoms with van der Waals surface area (Å²) in [5.74, 6) is 2.96. The van der Waals surface area contributed by atoms with Gasteiger partial charge in [0, 0.05) is 23.3 Å². The first-order valence-corrected chi connectivity index (χ1v) is 8.87. The van der Waals surface area contributed by atoms with E-state index in [1.54, 1.807) is 0 Å². The molecular weight excluding hydrogens is 268 g/mol. The topological polar surface area (TPSA) is 63.8 Å². The quantitative estimate of drug-likeness (QED) is 0.870. The predicted molar refractivity (Wildman–Crippen MR) is 86.2 cm³/mol. The minimum Gasteiger partial charge on any atom is -0.384 e. The van der Waals surface area contributed by atoms with E-state index in [4.69, 9.17) is 5.73 Å². The first-order valence-electron chi connectivity index (χ1n) is 7.64. The third kappa shape index (κ3) is 3.19. The zero-order valence-corrected chi connectivity index (χ0v) is 13.0. The molecule has 0 unspecified atom stereocenters. The molecule has 4 nitrogen and oxygen atoms in total. The first kappa shape index (κ1) is 14.0. The van der Waals surface area contributed by atoms with Gasteiger partial charge in [0.25, 0.3) is 0 Å². The molecule has 0 bridgehead atoms. The second-order valence-electron chi connectivity index (χ2n) is 6.11. The van der Waals surface area contributed by atoms with E-state index in [-0.39, 0.29) is 0 Å². The normalized spacial score (nSPS) is 21.6. The molecule has 110 valence electrons. The third-order valence-corrected chi connectivity index (χ3v) is 5.91. The molecular formula is C15H24N4S. The van der Waals surface area contributed by atoms with Gasteiger partial charge in [0.15, 0.2) is 0 Å². The molecule has 20 heavy (non-hydrogen) atoms. The lowest BCUT2D eigenvalue weighted by Gasteiger charge is -2.36. The van der Waals surface area contributed by atoms with Crippen LogP contribution in [0, 0.1) is 0 Å². The van der Waals surface area contributed by atoms with Gasteiger partial charge in [0.1, 0.15) is 17.5 Å². The molecule has 0 amide bonds. The van der Waals surface area contributed by atoms with E-state index >= 15 is 0 Å². The van der Waals surface area contributed by atoms with Crippen LogP contribution in [-0.4, -0.2) is 27.5 Å². The van der Waals surface area contributed by atoms with E-state index in [0.717, 1.165) is 18.2 Å². The molecule has 2 aliphatic carbocycles. The van der Waals surface area contributed by atoms with Crippen LogP contribution < -0.4 is 11.1 Å². The molecule has 0 aliphatic heterocycles. The molecule has 0 saturated heterocycles. The second-order valence-corrected chi connectivity index (χ2v) is 7.39. The highest BCUT2D eigenvalue weighted by molar-refractivity contribution is 8.00. The molecule has 0 aromatic carbocycles. The molecule has 1 aromatic heterocycles. The van der Waals surface area contributed by atoms with Gasteiger partial charge in [-0.05, 0) is 31.9 Å². The molecule has 3 rings (SSSR count). The van der Waals surface area contributed by atoms with Crippen LogP contribution in [0.5, 0.6) is 0 Å². The van der Waals surface area contributed by atoms with Crippen LogP contribution in [0.4, 0.5) is 11.6 Å². The second kappa shape index (κ2) is 5.80. The van der Waals surface area contributed by atoms with Crippen LogP contribution >= 0.6 is 11.8 Å². The Morgan fingerprint density at radius 3 is 2.70 bits per heavy atom. The van der Waals surface area contributed by atoms with Gasteiger partial charge in [0.2, 0.25) is 0 Å². The molecule has 2 saturated carbocycles. The number of hydrogen-bond acceptors (Lipinski definition) is 5. The number of rotatable bonds is 5. The Morgan fingerprint density at radius 2 is 2.05 bits per heavy atom. The van der Waals surface area contributed by atoms with Crippen molar-refractivity contribution in [1.82, 2.24) is 9.97 Å². The molecule has 3 N–H and O–H groups in total. The van der Waals surface area contributed by atoms with Crippen molar-refractivity contribution in [3.63, 3.8) is 0 Å². The number of nitrogens with two attached hydrogens (primary N) is 1. The van der Waals surface area contributed by atoms with Crippen molar-refractivity contribution in [2.75, 3.05) is 23.9 Å². The van der Waals surface area contributed by atoms with E-state index in [1.165, 1.54) is 44.9 Å². The highest BCUT2D eigenvalue weighted by Crippen LogP contribution is 2.40. The molecule has 2 fully saturated rings. The van der Waals surface area contributed by atoms with Crippen molar-refractivity contribution in [3.8, 4) is 0 Å². The van der Waals surface area contributed by atoms with Gasteiger partial charge in [-0.2, -0.15) is 11.8 Å². The Bertz CT molecular complexity index is 467. The average molecular weight is 292 g/mol. The zero-order chi connectivity index (χ0) is 14.0. The number of nitrogens with one attached hydrogen (secondary N) is 1. The van der Waals surface area contributed by atoms with Gasteiger partial charge >= 0.3 is 0 Å². The molecule has 1 heterocycles. The molecule has 0 atom stereocenters. The Hall–Kier alpha value is -0.970. The van der Waals surface area contributed by atoms with E-state index in [9.17, 15) is 0 Å². The molecule has 0 radical (unpaired) electrons. The summed E-state index contributed by atoms with van der Waals surface area (Å²) in [5, 5.41) is 3.52. The Labute approximate surface area is 125 Å². The first-order chi connectivity index (χ1) is 9.71. The number of aromatic nitrogens is 2. The summed E-state index contributed by atoms with van der Waals surface area (Å²) < 4.78 is 0.373. The number of nitrogens with zero attached hydrogens (tertiary/aromatic N) is 2. The maximum absolute atomic E-state index is 5.90. The van der Waals surface area contributed by atoms with Crippen molar-refractivity contribution in [3.05, 3.63) is 11.9 Å². The fourth-order valence-electron chi connectivity index (χ4n) is 3.00. The molecule has 0 spiro atoms. The van der Waals surface area contributed by atoms with Gasteiger partial charge in [-0.15, -0.1) is 0 Å². The van der Waals surface area contributed by atoms with Crippen LogP contribution in [0.15, 0.2) is 6.07 Å². The number of nitrogen functional groups attached to an aromatic ring is 1. The van der Waals surface area contributed by atoms with E-state index in [0.29, 0.717) is 16.5 Å².